The molecule has 0 aromatic rings. The van der Waals surface area contributed by atoms with Crippen LogP contribution >= 0.6 is 15.9 Å². The standard InChI is InChI=1S/C4H9Br.H3N/c1-4(2,3)5;/h1-3H3;1H3. The molecule has 3 N–H and O–H groups in total. The topological polar surface area (TPSA) is 35.0 Å². The van der Waals surface area contributed by atoms with E-state index in [-0.39, 0.29) is 6.15 Å². The fourth-order valence-electron chi connectivity index (χ4n) is 0. The van der Waals surface area contributed by atoms with Crippen LogP contribution in [0.1, 0.15) is 20.8 Å². The Kier molecular flexibility index (Phi) is 4.17. The SMILES string of the molecule is CC(C)(C)Br.N. The number of alkyl halides is 1. The maximum atomic E-state index is 3.38. The van der Waals surface area contributed by atoms with E-state index in [4.69, 9.17) is 0 Å². The van der Waals surface area contributed by atoms with E-state index in [0.717, 1.165) is 0 Å². The molecule has 0 atom stereocenters. The molecule has 0 aromatic heterocycles. The summed E-state index contributed by atoms with van der Waals surface area (Å²) in [4.78, 5) is 0. The van der Waals surface area contributed by atoms with E-state index in [2.05, 4.69) is 36.7 Å². The fourth-order valence-corrected chi connectivity index (χ4v) is 0. The van der Waals surface area contributed by atoms with Gasteiger partial charge >= 0.3 is 0 Å². The van der Waals surface area contributed by atoms with Crippen LogP contribution in [0.4, 0.5) is 0 Å². The van der Waals surface area contributed by atoms with Crippen molar-refractivity contribution in [2.75, 3.05) is 0 Å². The maximum Gasteiger partial charge on any atom is 0.0173 e. The number of hydrogen-bond donors (Lipinski definition) is 1. The number of rotatable bonds is 0. The Hall–Kier alpha value is 0.440. The molecule has 0 saturated heterocycles. The average Bonchev–Trinajstić information content (AvgIpc) is 0.722. The van der Waals surface area contributed by atoms with Crippen molar-refractivity contribution in [3.63, 3.8) is 0 Å². The van der Waals surface area contributed by atoms with Crippen LogP contribution in [0, 0.1) is 0 Å². The normalized spacial score (nSPS) is 10.0. The number of halogens is 1. The predicted molar refractivity (Wildman–Crippen MR) is 33.7 cm³/mol. The van der Waals surface area contributed by atoms with Gasteiger partial charge in [-0.25, -0.2) is 0 Å². The minimum Gasteiger partial charge on any atom is -0.344 e. The highest BCUT2D eigenvalue weighted by molar-refractivity contribution is 9.10. The summed E-state index contributed by atoms with van der Waals surface area (Å²) in [7, 11) is 0. The van der Waals surface area contributed by atoms with Crippen molar-refractivity contribution in [2.24, 2.45) is 0 Å². The van der Waals surface area contributed by atoms with Gasteiger partial charge in [0.2, 0.25) is 0 Å². The lowest BCUT2D eigenvalue weighted by Crippen LogP contribution is -1.97. The summed E-state index contributed by atoms with van der Waals surface area (Å²) in [5.41, 5.74) is 0. The van der Waals surface area contributed by atoms with Gasteiger partial charge in [-0.2, -0.15) is 0 Å². The summed E-state index contributed by atoms with van der Waals surface area (Å²) >= 11 is 3.38. The molecule has 0 amide bonds. The molecule has 0 aliphatic heterocycles. The summed E-state index contributed by atoms with van der Waals surface area (Å²) in [5.74, 6) is 0. The quantitative estimate of drug-likeness (QED) is 0.534. The molecule has 2 heteroatoms. The van der Waals surface area contributed by atoms with Gasteiger partial charge in [-0.05, 0) is 0 Å². The molecule has 0 aliphatic carbocycles. The minimum absolute atomic E-state index is 0. The van der Waals surface area contributed by atoms with Gasteiger partial charge in [-0.15, -0.1) is 0 Å². The molecule has 0 spiro atoms. The predicted octanol–water partition coefficient (Wildman–Crippen LogP) is 2.34. The molecule has 0 unspecified atom stereocenters. The zero-order chi connectivity index (χ0) is 4.50. The van der Waals surface area contributed by atoms with Crippen LogP contribution in [0.15, 0.2) is 0 Å². The van der Waals surface area contributed by atoms with Gasteiger partial charge < -0.3 is 6.15 Å². The van der Waals surface area contributed by atoms with Crippen molar-refractivity contribution in [1.82, 2.24) is 6.15 Å². The van der Waals surface area contributed by atoms with Crippen LogP contribution in [0.3, 0.4) is 0 Å². The fraction of sp³-hybridized carbons (Fsp3) is 1.00. The second-order valence-electron chi connectivity index (χ2n) is 2.07. The molecule has 6 heavy (non-hydrogen) atoms. The van der Waals surface area contributed by atoms with Gasteiger partial charge in [0, 0.05) is 4.32 Å². The van der Waals surface area contributed by atoms with E-state index < -0.39 is 0 Å². The summed E-state index contributed by atoms with van der Waals surface area (Å²) in [6.45, 7) is 6.31. The first-order valence-electron chi connectivity index (χ1n) is 1.69. The molecular formula is C4H12BrN. The van der Waals surface area contributed by atoms with Gasteiger partial charge in [0.1, 0.15) is 0 Å². The van der Waals surface area contributed by atoms with Crippen LogP contribution in [0.25, 0.3) is 0 Å². The van der Waals surface area contributed by atoms with Crippen LogP contribution in [-0.2, 0) is 0 Å². The molecule has 0 aliphatic rings. The second kappa shape index (κ2) is 2.59. The van der Waals surface area contributed by atoms with Crippen molar-refractivity contribution in [3.8, 4) is 0 Å². The van der Waals surface area contributed by atoms with Crippen molar-refractivity contribution < 1.29 is 0 Å². The molecule has 40 valence electrons. The molecule has 0 rings (SSSR count). The van der Waals surface area contributed by atoms with Crippen molar-refractivity contribution in [1.29, 1.82) is 0 Å². The molecule has 0 radical (unpaired) electrons. The monoisotopic (exact) mass is 153 g/mol. The second-order valence-corrected chi connectivity index (χ2v) is 4.45. The molecule has 0 fully saturated rings. The Balaban J connectivity index is 0. The van der Waals surface area contributed by atoms with Crippen LogP contribution in [-0.4, -0.2) is 4.32 Å². The Labute approximate surface area is 47.8 Å². The Bertz CT molecular complexity index is 23.0. The molecule has 0 saturated carbocycles. The van der Waals surface area contributed by atoms with Gasteiger partial charge in [0.15, 0.2) is 0 Å². The highest BCUT2D eigenvalue weighted by Gasteiger charge is 1.98. The van der Waals surface area contributed by atoms with Crippen molar-refractivity contribution in [2.45, 2.75) is 25.1 Å². The van der Waals surface area contributed by atoms with E-state index in [9.17, 15) is 0 Å². The Morgan fingerprint density at radius 3 is 1.17 bits per heavy atom. The highest BCUT2D eigenvalue weighted by atomic mass is 79.9. The van der Waals surface area contributed by atoms with E-state index in [0.29, 0.717) is 4.32 Å². The first-order valence-corrected chi connectivity index (χ1v) is 2.48. The minimum atomic E-state index is 0. The van der Waals surface area contributed by atoms with Gasteiger partial charge in [0.05, 0.1) is 0 Å². The Morgan fingerprint density at radius 2 is 1.17 bits per heavy atom. The third-order valence-corrected chi connectivity index (χ3v) is 0. The summed E-state index contributed by atoms with van der Waals surface area (Å²) in [6.07, 6.45) is 0. The zero-order valence-corrected chi connectivity index (χ0v) is 6.17. The van der Waals surface area contributed by atoms with Crippen molar-refractivity contribution in [3.05, 3.63) is 0 Å². The van der Waals surface area contributed by atoms with E-state index in [1.165, 1.54) is 0 Å². The van der Waals surface area contributed by atoms with E-state index in [1.54, 1.807) is 0 Å². The Morgan fingerprint density at radius 1 is 1.17 bits per heavy atom. The highest BCUT2D eigenvalue weighted by Crippen LogP contribution is 2.11. The molecular weight excluding hydrogens is 142 g/mol. The third kappa shape index (κ3) is 271. The van der Waals surface area contributed by atoms with E-state index in [1.807, 2.05) is 0 Å². The summed E-state index contributed by atoms with van der Waals surface area (Å²) in [5, 5.41) is 0. The lowest BCUT2D eigenvalue weighted by Gasteiger charge is -2.02. The lowest BCUT2D eigenvalue weighted by atomic mass is 10.3. The van der Waals surface area contributed by atoms with Gasteiger partial charge in [-0.3, -0.25) is 0 Å². The van der Waals surface area contributed by atoms with Crippen LogP contribution in [0.2, 0.25) is 0 Å². The third-order valence-electron chi connectivity index (χ3n) is 0. The lowest BCUT2D eigenvalue weighted by molar-refractivity contribution is 0.824. The molecule has 0 bridgehead atoms. The first-order chi connectivity index (χ1) is 2.00. The summed E-state index contributed by atoms with van der Waals surface area (Å²) in [6, 6.07) is 0. The largest absolute Gasteiger partial charge is 0.344 e. The van der Waals surface area contributed by atoms with E-state index >= 15 is 0 Å². The first kappa shape index (κ1) is 9.67. The average molecular weight is 154 g/mol. The number of hydrogen-bond acceptors (Lipinski definition) is 1. The molecule has 0 aromatic carbocycles. The molecule has 0 heterocycles. The maximum absolute atomic E-state index is 3.38. The molecule has 1 nitrogen and oxygen atoms in total. The van der Waals surface area contributed by atoms with Crippen LogP contribution in [0.5, 0.6) is 0 Å². The van der Waals surface area contributed by atoms with Gasteiger partial charge in [-0.1, -0.05) is 36.7 Å². The zero-order valence-electron chi connectivity index (χ0n) is 4.59. The summed E-state index contributed by atoms with van der Waals surface area (Å²) < 4.78 is 0.312. The van der Waals surface area contributed by atoms with Crippen LogP contribution < -0.4 is 6.15 Å². The van der Waals surface area contributed by atoms with Crippen molar-refractivity contribution >= 4 is 15.9 Å². The smallest absolute Gasteiger partial charge is 0.0173 e. The van der Waals surface area contributed by atoms with Gasteiger partial charge in [0.25, 0.3) is 0 Å².